The van der Waals surface area contributed by atoms with Gasteiger partial charge in [-0.3, -0.25) is 9.78 Å². The third kappa shape index (κ3) is 6.64. The van der Waals surface area contributed by atoms with Crippen molar-refractivity contribution in [2.24, 2.45) is 0 Å². The Bertz CT molecular complexity index is 1660. The van der Waals surface area contributed by atoms with Gasteiger partial charge in [-0.15, -0.1) is 4.72 Å². The van der Waals surface area contributed by atoms with Gasteiger partial charge in [-0.25, -0.2) is 16.8 Å². The number of carbonyl (C=O) groups is 1. The molecule has 40 heavy (non-hydrogen) atoms. The largest absolute Gasteiger partial charge is 0.598 e. The lowest BCUT2D eigenvalue weighted by Gasteiger charge is -2.23. The molecule has 0 fully saturated rings. The first-order chi connectivity index (χ1) is 18.8. The van der Waals surface area contributed by atoms with Gasteiger partial charge in [-0.05, 0) is 62.2 Å². The number of aromatic nitrogens is 2. The second kappa shape index (κ2) is 11.6. The zero-order valence-corrected chi connectivity index (χ0v) is 24.1. The Labute approximate surface area is 235 Å². The number of nitrogens with one attached hydrogen (secondary N) is 1. The van der Waals surface area contributed by atoms with Crippen LogP contribution >= 0.6 is 0 Å². The molecule has 2 heterocycles. The third-order valence-electron chi connectivity index (χ3n) is 6.08. The van der Waals surface area contributed by atoms with E-state index < -0.39 is 37.9 Å². The van der Waals surface area contributed by atoms with Crippen LogP contribution in [0.3, 0.4) is 0 Å². The molecule has 0 saturated heterocycles. The van der Waals surface area contributed by atoms with E-state index >= 15 is 4.39 Å². The van der Waals surface area contributed by atoms with Crippen molar-refractivity contribution in [2.75, 3.05) is 6.26 Å². The van der Waals surface area contributed by atoms with Crippen molar-refractivity contribution in [3.8, 4) is 16.9 Å². The Morgan fingerprint density at radius 3 is 2.58 bits per heavy atom. The van der Waals surface area contributed by atoms with Crippen LogP contribution in [0, 0.1) is 5.82 Å². The molecular weight excluding hydrogens is 557 g/mol. The highest BCUT2D eigenvalue weighted by atomic mass is 32.2. The normalized spacial score (nSPS) is 12.9. The molecule has 9 nitrogen and oxygen atoms in total. The minimum atomic E-state index is -3.68. The average Bonchev–Trinajstić information content (AvgIpc) is 3.31. The molecule has 0 aliphatic heterocycles. The molecule has 12 heteroatoms. The summed E-state index contributed by atoms with van der Waals surface area (Å²) in [6.45, 7) is 5.30. The van der Waals surface area contributed by atoms with E-state index in [0.29, 0.717) is 33.3 Å². The minimum absolute atomic E-state index is 0.0276. The topological polar surface area (TPSA) is 134 Å². The lowest BCUT2D eigenvalue weighted by atomic mass is 9.98. The lowest BCUT2D eigenvalue weighted by molar-refractivity contribution is -0.136. The average molecular weight is 588 g/mol. The molecule has 2 aromatic heterocycles. The van der Waals surface area contributed by atoms with Gasteiger partial charge in [-0.2, -0.15) is 0 Å². The Balaban J connectivity index is 1.77. The maximum absolute atomic E-state index is 15.8. The fourth-order valence-corrected chi connectivity index (χ4v) is 5.65. The van der Waals surface area contributed by atoms with Gasteiger partial charge in [0.25, 0.3) is 0 Å². The molecular formula is C28H30FN3O6S2. The van der Waals surface area contributed by atoms with Crippen LogP contribution in [0.1, 0.15) is 37.6 Å². The van der Waals surface area contributed by atoms with Crippen molar-refractivity contribution < 1.29 is 32.0 Å². The zero-order valence-electron chi connectivity index (χ0n) is 22.5. The number of carboxylic acid groups (broad SMARTS) is 1. The third-order valence-corrected chi connectivity index (χ3v) is 8.63. The molecule has 0 aliphatic carbocycles. The summed E-state index contributed by atoms with van der Waals surface area (Å²) in [7, 11) is -3.68. The molecule has 2 N–H and O–H groups in total. The first-order valence-electron chi connectivity index (χ1n) is 12.3. The van der Waals surface area contributed by atoms with Gasteiger partial charge in [0.2, 0.25) is 10.0 Å². The molecule has 1 atom stereocenters. The zero-order chi connectivity index (χ0) is 29.2. The van der Waals surface area contributed by atoms with E-state index in [9.17, 15) is 22.9 Å². The van der Waals surface area contributed by atoms with E-state index in [-0.39, 0.29) is 30.8 Å². The highest BCUT2D eigenvalue weighted by Gasteiger charge is 2.27. The summed E-state index contributed by atoms with van der Waals surface area (Å²) in [6.07, 6.45) is 3.70. The van der Waals surface area contributed by atoms with Gasteiger partial charge in [-0.1, -0.05) is 18.2 Å². The SMILES string of the molecule is CC(C)(C)[S@+]([O-])NCc1nccc(-c2cc(COc3ccccc3CC(=O)O)cc3c2ccn3S(C)(=O)=O)c1F. The highest BCUT2D eigenvalue weighted by molar-refractivity contribution is 7.90. The Hall–Kier alpha value is -3.45. The summed E-state index contributed by atoms with van der Waals surface area (Å²) < 4.78 is 62.6. The van der Waals surface area contributed by atoms with Crippen molar-refractivity contribution in [1.82, 2.24) is 13.7 Å². The van der Waals surface area contributed by atoms with E-state index in [1.165, 1.54) is 18.5 Å². The second-order valence-corrected chi connectivity index (χ2v) is 14.1. The summed E-state index contributed by atoms with van der Waals surface area (Å²) in [5.41, 5.74) is 2.05. The Kier molecular flexibility index (Phi) is 8.55. The van der Waals surface area contributed by atoms with Crippen molar-refractivity contribution in [3.63, 3.8) is 0 Å². The second-order valence-electron chi connectivity index (χ2n) is 10.2. The van der Waals surface area contributed by atoms with Crippen LogP contribution in [0.15, 0.2) is 60.9 Å². The van der Waals surface area contributed by atoms with Crippen LogP contribution in [0.25, 0.3) is 22.0 Å². The number of halogens is 1. The maximum atomic E-state index is 15.8. The quantitative estimate of drug-likeness (QED) is 0.261. The van der Waals surface area contributed by atoms with E-state index in [0.717, 1.165) is 10.2 Å². The van der Waals surface area contributed by atoms with Crippen LogP contribution in [0.4, 0.5) is 4.39 Å². The van der Waals surface area contributed by atoms with E-state index in [4.69, 9.17) is 4.74 Å². The standard InChI is InChI=1S/C28H30FN3O6S2/c1-28(2,3)39(35)31-16-23-27(29)21(9-11-30-23)22-13-18(14-24-20(22)10-12-32(24)40(4,36)37)17-38-25-8-6-5-7-19(25)15-26(33)34/h5-14,31H,15-17H2,1-4H3,(H,33,34)/t39-/m0/s1. The van der Waals surface area contributed by atoms with Gasteiger partial charge in [0, 0.05) is 40.3 Å². The number of hydrogen-bond acceptors (Lipinski definition) is 7. The van der Waals surface area contributed by atoms with Crippen LogP contribution in [0.5, 0.6) is 5.75 Å². The van der Waals surface area contributed by atoms with Crippen molar-refractivity contribution >= 4 is 38.3 Å². The molecule has 0 aliphatic rings. The van der Waals surface area contributed by atoms with Gasteiger partial charge >= 0.3 is 5.97 Å². The van der Waals surface area contributed by atoms with Gasteiger partial charge < -0.3 is 14.4 Å². The summed E-state index contributed by atoms with van der Waals surface area (Å²) in [5, 5.41) is 9.72. The Morgan fingerprint density at radius 2 is 1.90 bits per heavy atom. The first kappa shape index (κ1) is 29.5. The summed E-state index contributed by atoms with van der Waals surface area (Å²) in [4.78, 5) is 15.4. The predicted molar refractivity (Wildman–Crippen MR) is 152 cm³/mol. The van der Waals surface area contributed by atoms with Crippen LogP contribution in [-0.2, 0) is 45.8 Å². The van der Waals surface area contributed by atoms with Gasteiger partial charge in [0.1, 0.15) is 17.1 Å². The molecule has 0 bridgehead atoms. The highest BCUT2D eigenvalue weighted by Crippen LogP contribution is 2.34. The summed E-state index contributed by atoms with van der Waals surface area (Å²) in [5.74, 6) is -1.25. The molecule has 212 valence electrons. The first-order valence-corrected chi connectivity index (χ1v) is 15.3. The van der Waals surface area contributed by atoms with Crippen LogP contribution in [0.2, 0.25) is 0 Å². The fourth-order valence-electron chi connectivity index (χ4n) is 4.15. The van der Waals surface area contributed by atoms with E-state index in [2.05, 4.69) is 9.71 Å². The molecule has 4 rings (SSSR count). The molecule has 0 radical (unpaired) electrons. The van der Waals surface area contributed by atoms with Gasteiger partial charge in [0.15, 0.2) is 5.82 Å². The molecule has 0 saturated carbocycles. The molecule has 4 aromatic rings. The number of rotatable bonds is 10. The lowest BCUT2D eigenvalue weighted by Crippen LogP contribution is -2.39. The molecule has 2 aromatic carbocycles. The number of fused-ring (bicyclic) bond motifs is 1. The number of para-hydroxylation sites is 1. The number of pyridine rings is 1. The fraction of sp³-hybridized carbons (Fsp3) is 0.286. The van der Waals surface area contributed by atoms with Crippen LogP contribution in [-0.4, -0.2) is 44.0 Å². The monoisotopic (exact) mass is 587 g/mol. The van der Waals surface area contributed by atoms with Crippen LogP contribution < -0.4 is 9.46 Å². The Morgan fingerprint density at radius 1 is 1.18 bits per heavy atom. The number of nitrogens with zero attached hydrogens (tertiary/aromatic N) is 2. The van der Waals surface area contributed by atoms with Crippen molar-refractivity contribution in [3.05, 3.63) is 83.6 Å². The minimum Gasteiger partial charge on any atom is -0.598 e. The number of benzene rings is 2. The predicted octanol–water partition coefficient (Wildman–Crippen LogP) is 4.41. The number of carboxylic acids is 1. The van der Waals surface area contributed by atoms with E-state index in [1.807, 2.05) is 0 Å². The smallest absolute Gasteiger partial charge is 0.307 e. The maximum Gasteiger partial charge on any atom is 0.307 e. The molecule has 0 amide bonds. The van der Waals surface area contributed by atoms with Crippen molar-refractivity contribution in [1.29, 1.82) is 0 Å². The summed E-state index contributed by atoms with van der Waals surface area (Å²) >= 11 is -1.44. The summed E-state index contributed by atoms with van der Waals surface area (Å²) in [6, 6.07) is 13.2. The van der Waals surface area contributed by atoms with Gasteiger partial charge in [0.05, 0.1) is 30.4 Å². The molecule has 0 unspecified atom stereocenters. The van der Waals surface area contributed by atoms with Crippen molar-refractivity contribution in [2.45, 2.75) is 45.1 Å². The number of ether oxygens (including phenoxy) is 1. The van der Waals surface area contributed by atoms with E-state index in [1.54, 1.807) is 63.2 Å². The molecule has 0 spiro atoms. The number of hydrogen-bond donors (Lipinski definition) is 2. The number of aliphatic carboxylic acids is 1.